The fourth-order valence-corrected chi connectivity index (χ4v) is 4.02. The molecular formula is C24H19ClFN5O2S. The van der Waals surface area contributed by atoms with Crippen molar-refractivity contribution in [2.24, 2.45) is 5.10 Å². The summed E-state index contributed by atoms with van der Waals surface area (Å²) in [4.78, 5) is 12.3. The molecule has 0 saturated carbocycles. The minimum absolute atomic E-state index is 0.0193. The van der Waals surface area contributed by atoms with Crippen molar-refractivity contribution in [2.75, 3.05) is 12.9 Å². The summed E-state index contributed by atoms with van der Waals surface area (Å²) in [6.07, 6.45) is 1.17. The standard InChI is InChI=1S/C24H19ClFN5O2S/c1-33-18-12-10-17(11-13-18)31-23(16-6-3-2-4-7-16)29-30-24(31)34-15-22(32)28-27-14-19-20(25)8-5-9-21(19)26/h2-14H,15H2,1H3,(H,28,32)/b27-14-. The molecule has 1 heterocycles. The van der Waals surface area contributed by atoms with E-state index in [1.54, 1.807) is 13.2 Å². The van der Waals surface area contributed by atoms with Gasteiger partial charge >= 0.3 is 0 Å². The van der Waals surface area contributed by atoms with Gasteiger partial charge in [-0.2, -0.15) is 5.10 Å². The predicted octanol–water partition coefficient (Wildman–Crippen LogP) is 4.98. The van der Waals surface area contributed by atoms with Crippen LogP contribution in [0.1, 0.15) is 5.56 Å². The van der Waals surface area contributed by atoms with Gasteiger partial charge in [-0.3, -0.25) is 9.36 Å². The van der Waals surface area contributed by atoms with Crippen LogP contribution in [0.3, 0.4) is 0 Å². The van der Waals surface area contributed by atoms with E-state index in [4.69, 9.17) is 16.3 Å². The topological polar surface area (TPSA) is 81.4 Å². The Kier molecular flexibility index (Phi) is 7.56. The SMILES string of the molecule is COc1ccc(-n2c(SCC(=O)N/N=C\c3c(F)cccc3Cl)nnc2-c2ccccc2)cc1. The molecule has 0 unspecified atom stereocenters. The zero-order valence-corrected chi connectivity index (χ0v) is 19.6. The van der Waals surface area contributed by atoms with Gasteiger partial charge in [0.2, 0.25) is 0 Å². The molecule has 3 aromatic carbocycles. The summed E-state index contributed by atoms with van der Waals surface area (Å²) in [5.41, 5.74) is 4.18. The van der Waals surface area contributed by atoms with Gasteiger partial charge < -0.3 is 4.74 Å². The molecule has 1 amide bonds. The maximum absolute atomic E-state index is 13.8. The molecule has 4 rings (SSSR count). The van der Waals surface area contributed by atoms with E-state index in [1.165, 1.54) is 30.1 Å². The molecule has 1 N–H and O–H groups in total. The van der Waals surface area contributed by atoms with Crippen LogP contribution in [0.4, 0.5) is 4.39 Å². The van der Waals surface area contributed by atoms with Crippen molar-refractivity contribution in [3.8, 4) is 22.8 Å². The zero-order chi connectivity index (χ0) is 23.9. The van der Waals surface area contributed by atoms with E-state index in [1.807, 2.05) is 59.2 Å². The Bertz CT molecular complexity index is 1290. The smallest absolute Gasteiger partial charge is 0.250 e. The molecule has 0 aliphatic heterocycles. The van der Waals surface area contributed by atoms with Crippen LogP contribution >= 0.6 is 23.4 Å². The van der Waals surface area contributed by atoms with E-state index in [2.05, 4.69) is 20.7 Å². The number of hydrogen-bond donors (Lipinski definition) is 1. The number of hydrazone groups is 1. The van der Waals surface area contributed by atoms with Gasteiger partial charge in [-0.1, -0.05) is 59.8 Å². The molecule has 0 radical (unpaired) electrons. The number of amides is 1. The number of thioether (sulfide) groups is 1. The number of halogens is 2. The highest BCUT2D eigenvalue weighted by atomic mass is 35.5. The van der Waals surface area contributed by atoms with Crippen molar-refractivity contribution in [2.45, 2.75) is 5.16 Å². The number of hydrogen-bond acceptors (Lipinski definition) is 6. The lowest BCUT2D eigenvalue weighted by molar-refractivity contribution is -0.118. The Balaban J connectivity index is 1.52. The number of nitrogens with zero attached hydrogens (tertiary/aromatic N) is 4. The van der Waals surface area contributed by atoms with Crippen LogP contribution in [0.2, 0.25) is 5.02 Å². The first kappa shape index (κ1) is 23.5. The van der Waals surface area contributed by atoms with Crippen molar-refractivity contribution in [1.82, 2.24) is 20.2 Å². The van der Waals surface area contributed by atoms with Gasteiger partial charge in [0.1, 0.15) is 11.6 Å². The molecule has 0 aliphatic rings. The quantitative estimate of drug-likeness (QED) is 0.212. The van der Waals surface area contributed by atoms with E-state index in [0.29, 0.717) is 11.0 Å². The summed E-state index contributed by atoms with van der Waals surface area (Å²) in [7, 11) is 1.60. The summed E-state index contributed by atoms with van der Waals surface area (Å²) in [5.74, 6) is 0.464. The molecule has 4 aromatic rings. The second kappa shape index (κ2) is 11.0. The molecule has 172 valence electrons. The normalized spacial score (nSPS) is 11.0. The molecule has 0 fully saturated rings. The molecule has 34 heavy (non-hydrogen) atoms. The number of methoxy groups -OCH3 is 1. The molecule has 1 aromatic heterocycles. The number of aromatic nitrogens is 3. The first-order chi connectivity index (χ1) is 16.6. The van der Waals surface area contributed by atoms with Gasteiger partial charge in [-0.05, 0) is 36.4 Å². The molecule has 0 bridgehead atoms. The van der Waals surface area contributed by atoms with Crippen molar-refractivity contribution in [3.05, 3.63) is 89.2 Å². The van der Waals surface area contributed by atoms with Gasteiger partial charge in [0.15, 0.2) is 11.0 Å². The monoisotopic (exact) mass is 495 g/mol. The Hall–Kier alpha value is -3.69. The second-order valence-electron chi connectivity index (χ2n) is 6.92. The third kappa shape index (κ3) is 5.44. The molecule has 0 saturated heterocycles. The van der Waals surface area contributed by atoms with E-state index >= 15 is 0 Å². The number of rotatable bonds is 8. The van der Waals surface area contributed by atoms with E-state index in [9.17, 15) is 9.18 Å². The van der Waals surface area contributed by atoms with E-state index in [0.717, 1.165) is 17.0 Å². The summed E-state index contributed by atoms with van der Waals surface area (Å²) in [6, 6.07) is 21.4. The largest absolute Gasteiger partial charge is 0.497 e. The maximum Gasteiger partial charge on any atom is 0.250 e. The molecule has 10 heteroatoms. The minimum atomic E-state index is -0.527. The predicted molar refractivity (Wildman–Crippen MR) is 131 cm³/mol. The summed E-state index contributed by atoms with van der Waals surface area (Å²) in [5, 5.41) is 13.2. The fraction of sp³-hybridized carbons (Fsp3) is 0.0833. The number of nitrogens with one attached hydrogen (secondary N) is 1. The van der Waals surface area contributed by atoms with Crippen LogP contribution < -0.4 is 10.2 Å². The highest BCUT2D eigenvalue weighted by Gasteiger charge is 2.17. The highest BCUT2D eigenvalue weighted by Crippen LogP contribution is 2.28. The van der Waals surface area contributed by atoms with E-state index in [-0.39, 0.29) is 22.2 Å². The molecule has 7 nitrogen and oxygen atoms in total. The van der Waals surface area contributed by atoms with Gasteiger partial charge in [0, 0.05) is 16.8 Å². The van der Waals surface area contributed by atoms with Crippen LogP contribution in [0.15, 0.2) is 83.1 Å². The number of carbonyl (C=O) groups is 1. The van der Waals surface area contributed by atoms with Crippen molar-refractivity contribution >= 4 is 35.5 Å². The second-order valence-corrected chi connectivity index (χ2v) is 8.27. The lowest BCUT2D eigenvalue weighted by atomic mass is 10.2. The summed E-state index contributed by atoms with van der Waals surface area (Å²) >= 11 is 7.16. The van der Waals surface area contributed by atoms with Crippen LogP contribution in [0, 0.1) is 5.82 Å². The average Bonchev–Trinajstić information content (AvgIpc) is 3.29. The summed E-state index contributed by atoms with van der Waals surface area (Å²) < 4.78 is 20.9. The average molecular weight is 496 g/mol. The third-order valence-corrected chi connectivity index (χ3v) is 5.97. The third-order valence-electron chi connectivity index (χ3n) is 4.71. The van der Waals surface area contributed by atoms with Gasteiger partial charge in [-0.25, -0.2) is 9.82 Å². The Labute approximate surface area is 204 Å². The molecule has 0 aliphatic carbocycles. The van der Waals surface area contributed by atoms with Crippen molar-refractivity contribution in [1.29, 1.82) is 0 Å². The number of benzene rings is 3. The van der Waals surface area contributed by atoms with Crippen molar-refractivity contribution in [3.63, 3.8) is 0 Å². The van der Waals surface area contributed by atoms with Gasteiger partial charge in [-0.15, -0.1) is 10.2 Å². The Morgan fingerprint density at radius 3 is 2.59 bits per heavy atom. The van der Waals surface area contributed by atoms with Crippen LogP contribution in [0.25, 0.3) is 17.1 Å². The van der Waals surface area contributed by atoms with Crippen LogP contribution in [-0.4, -0.2) is 39.7 Å². The first-order valence-corrected chi connectivity index (χ1v) is 11.5. The van der Waals surface area contributed by atoms with Gasteiger partial charge in [0.05, 0.1) is 24.1 Å². The Morgan fingerprint density at radius 2 is 1.88 bits per heavy atom. The molecule has 0 spiro atoms. The first-order valence-electron chi connectivity index (χ1n) is 10.1. The Morgan fingerprint density at radius 1 is 1.12 bits per heavy atom. The molecular weight excluding hydrogens is 477 g/mol. The van der Waals surface area contributed by atoms with Crippen LogP contribution in [0.5, 0.6) is 5.75 Å². The van der Waals surface area contributed by atoms with Gasteiger partial charge in [0.25, 0.3) is 5.91 Å². The van der Waals surface area contributed by atoms with Crippen molar-refractivity contribution < 1.29 is 13.9 Å². The zero-order valence-electron chi connectivity index (χ0n) is 18.0. The maximum atomic E-state index is 13.8. The number of carbonyl (C=O) groups excluding carboxylic acids is 1. The highest BCUT2D eigenvalue weighted by molar-refractivity contribution is 7.99. The lowest BCUT2D eigenvalue weighted by Crippen LogP contribution is -2.20. The summed E-state index contributed by atoms with van der Waals surface area (Å²) in [6.45, 7) is 0. The fourth-order valence-electron chi connectivity index (χ4n) is 3.07. The van der Waals surface area contributed by atoms with E-state index < -0.39 is 5.82 Å². The number of ether oxygens (including phenoxy) is 1. The molecule has 0 atom stereocenters. The lowest BCUT2D eigenvalue weighted by Gasteiger charge is -2.11. The van der Waals surface area contributed by atoms with Crippen LogP contribution in [-0.2, 0) is 4.79 Å². The minimum Gasteiger partial charge on any atom is -0.497 e.